The van der Waals surface area contributed by atoms with Crippen molar-refractivity contribution in [1.29, 1.82) is 0 Å². The van der Waals surface area contributed by atoms with Gasteiger partial charge in [0.2, 0.25) is 0 Å². The molecule has 0 aliphatic heterocycles. The molecule has 9 heteroatoms. The van der Waals surface area contributed by atoms with Crippen molar-refractivity contribution in [3.63, 3.8) is 0 Å². The number of aliphatic hydroxyl groups excluding tert-OH is 9. The van der Waals surface area contributed by atoms with Gasteiger partial charge in [-0.15, -0.1) is 0 Å². The first-order valence-electron chi connectivity index (χ1n) is 14.2. The van der Waals surface area contributed by atoms with Crippen molar-refractivity contribution in [1.82, 2.24) is 0 Å². The van der Waals surface area contributed by atoms with Crippen molar-refractivity contribution in [3.8, 4) is 0 Å². The molecule has 0 aromatic heterocycles. The number of aliphatic hydroxyl groups is 9. The van der Waals surface area contributed by atoms with Gasteiger partial charge in [0.25, 0.3) is 0 Å². The van der Waals surface area contributed by atoms with Crippen LogP contribution in [-0.2, 0) is 0 Å². The molecule has 218 valence electrons. The molecule has 0 radical (unpaired) electrons. The van der Waals surface area contributed by atoms with Crippen LogP contribution in [0.15, 0.2) is 0 Å². The Morgan fingerprint density at radius 1 is 0.459 bits per heavy atom. The molecular weight excluding hydrogens is 480 g/mol. The van der Waals surface area contributed by atoms with E-state index >= 15 is 0 Å². The fourth-order valence-corrected chi connectivity index (χ4v) is 7.85. The van der Waals surface area contributed by atoms with Gasteiger partial charge < -0.3 is 46.0 Å². The van der Waals surface area contributed by atoms with E-state index in [0.717, 1.165) is 12.8 Å². The molecule has 3 aliphatic carbocycles. The molecule has 0 amide bonds. The molecule has 0 aromatic carbocycles. The molecule has 12 atom stereocenters. The first-order chi connectivity index (χ1) is 17.4. The van der Waals surface area contributed by atoms with Crippen LogP contribution in [-0.4, -0.2) is 103 Å². The third kappa shape index (κ3) is 6.69. The summed E-state index contributed by atoms with van der Waals surface area (Å²) in [6.45, 7) is 5.31. The molecule has 3 rings (SSSR count). The van der Waals surface area contributed by atoms with Gasteiger partial charge >= 0.3 is 0 Å². The molecule has 37 heavy (non-hydrogen) atoms. The van der Waals surface area contributed by atoms with E-state index in [1.54, 1.807) is 0 Å². The minimum Gasteiger partial charge on any atom is -0.396 e. The third-order valence-corrected chi connectivity index (χ3v) is 10.4. The largest absolute Gasteiger partial charge is 0.396 e. The van der Waals surface area contributed by atoms with Crippen molar-refractivity contribution in [3.05, 3.63) is 0 Å². The van der Waals surface area contributed by atoms with Crippen molar-refractivity contribution >= 4 is 0 Å². The highest BCUT2D eigenvalue weighted by atomic mass is 16.3. The number of hydrogen-bond donors (Lipinski definition) is 9. The highest BCUT2D eigenvalue weighted by Gasteiger charge is 2.49. The van der Waals surface area contributed by atoms with Crippen LogP contribution in [0.25, 0.3) is 0 Å². The molecule has 3 fully saturated rings. The zero-order valence-corrected chi connectivity index (χ0v) is 22.7. The maximum Gasteiger partial charge on any atom is 0.0665 e. The van der Waals surface area contributed by atoms with Gasteiger partial charge in [0.05, 0.1) is 43.7 Å². The molecule has 0 heterocycles. The van der Waals surface area contributed by atoms with Crippen molar-refractivity contribution in [2.45, 2.75) is 89.8 Å². The summed E-state index contributed by atoms with van der Waals surface area (Å²) in [5.41, 5.74) is -0.0259. The lowest BCUT2D eigenvalue weighted by molar-refractivity contribution is -0.134. The quantitative estimate of drug-likeness (QED) is 0.203. The lowest BCUT2D eigenvalue weighted by atomic mass is 9.59. The summed E-state index contributed by atoms with van der Waals surface area (Å²) in [6, 6.07) is 0. The monoisotopic (exact) mass is 532 g/mol. The van der Waals surface area contributed by atoms with Crippen LogP contribution in [0.1, 0.15) is 59.3 Å². The molecule has 3 aliphatic rings. The lowest BCUT2D eigenvalue weighted by Gasteiger charge is -2.49. The van der Waals surface area contributed by atoms with Gasteiger partial charge in [-0.3, -0.25) is 0 Å². The summed E-state index contributed by atoms with van der Waals surface area (Å²) in [5, 5.41) is 93.6. The van der Waals surface area contributed by atoms with E-state index < -0.39 is 54.2 Å². The van der Waals surface area contributed by atoms with Gasteiger partial charge in [-0.05, 0) is 73.5 Å². The maximum atomic E-state index is 11.6. The van der Waals surface area contributed by atoms with Gasteiger partial charge in [-0.1, -0.05) is 20.8 Å². The average molecular weight is 533 g/mol. The van der Waals surface area contributed by atoms with E-state index in [-0.39, 0.29) is 61.4 Å². The Kier molecular flexibility index (Phi) is 10.8. The Morgan fingerprint density at radius 2 is 0.784 bits per heavy atom. The molecule has 0 spiro atoms. The van der Waals surface area contributed by atoms with Crippen molar-refractivity contribution in [2.75, 3.05) is 26.4 Å². The van der Waals surface area contributed by atoms with Gasteiger partial charge in [0.1, 0.15) is 0 Å². The van der Waals surface area contributed by atoms with Gasteiger partial charge in [-0.25, -0.2) is 0 Å². The smallest absolute Gasteiger partial charge is 0.0665 e. The summed E-state index contributed by atoms with van der Waals surface area (Å²) in [6.07, 6.45) is -1.11. The maximum absolute atomic E-state index is 11.6. The van der Waals surface area contributed by atoms with Crippen LogP contribution in [0.2, 0.25) is 0 Å². The standard InChI is InChI=1S/C28H52O9/c1-28(2,3)20-8-16(4-14-6-18(10-29)26(36)21(12-31)24(14)34)23(33)17(9-20)5-15-7-19(11-30)27(37)22(13-32)25(15)35/h14-27,29-37H,4-13H2,1-3H3. The van der Waals surface area contributed by atoms with Crippen LogP contribution >= 0.6 is 0 Å². The van der Waals surface area contributed by atoms with Crippen LogP contribution in [0, 0.1) is 58.7 Å². The summed E-state index contributed by atoms with van der Waals surface area (Å²) < 4.78 is 0. The van der Waals surface area contributed by atoms with E-state index in [1.807, 2.05) is 0 Å². The Bertz CT molecular complexity index is 650. The van der Waals surface area contributed by atoms with Crippen molar-refractivity contribution in [2.24, 2.45) is 58.7 Å². The normalized spacial score (nSPS) is 47.7. The second-order valence-corrected chi connectivity index (χ2v) is 13.5. The predicted molar refractivity (Wildman–Crippen MR) is 137 cm³/mol. The molecule has 0 bridgehead atoms. The van der Waals surface area contributed by atoms with Crippen LogP contribution in [0.4, 0.5) is 0 Å². The fraction of sp³-hybridized carbons (Fsp3) is 1.00. The number of hydrogen-bond acceptors (Lipinski definition) is 9. The van der Waals surface area contributed by atoms with Crippen LogP contribution in [0.3, 0.4) is 0 Å². The third-order valence-electron chi connectivity index (χ3n) is 10.4. The summed E-state index contributed by atoms with van der Waals surface area (Å²) in [5.74, 6) is -2.87. The van der Waals surface area contributed by atoms with Crippen molar-refractivity contribution < 1.29 is 46.0 Å². The zero-order chi connectivity index (χ0) is 27.7. The Hall–Kier alpha value is -0.360. The Labute approximate surface area is 221 Å². The van der Waals surface area contributed by atoms with E-state index in [2.05, 4.69) is 20.8 Å². The number of rotatable bonds is 8. The predicted octanol–water partition coefficient (Wildman–Crippen LogP) is -0.267. The molecule has 0 aromatic rings. The topological polar surface area (TPSA) is 182 Å². The molecule has 0 saturated heterocycles. The van der Waals surface area contributed by atoms with Gasteiger partial charge in [0, 0.05) is 36.9 Å². The molecule has 3 saturated carbocycles. The average Bonchev–Trinajstić information content (AvgIpc) is 2.84. The second-order valence-electron chi connectivity index (χ2n) is 13.5. The van der Waals surface area contributed by atoms with Crippen LogP contribution in [0.5, 0.6) is 0 Å². The summed E-state index contributed by atoms with van der Waals surface area (Å²) in [7, 11) is 0. The molecule has 9 N–H and O–H groups in total. The van der Waals surface area contributed by atoms with Gasteiger partial charge in [0.15, 0.2) is 0 Å². The van der Waals surface area contributed by atoms with Crippen LogP contribution < -0.4 is 0 Å². The van der Waals surface area contributed by atoms with E-state index in [1.165, 1.54) is 0 Å². The second kappa shape index (κ2) is 12.9. The Balaban J connectivity index is 1.80. The van der Waals surface area contributed by atoms with E-state index in [9.17, 15) is 46.0 Å². The highest BCUT2D eigenvalue weighted by molar-refractivity contribution is 4.99. The first-order valence-corrected chi connectivity index (χ1v) is 14.2. The SMILES string of the molecule is CC(C)(C)C1CC(CC2CC(CO)C(O)C(CO)C2O)C(O)C(CC2CC(CO)C(O)C(CO)C2O)C1. The molecule has 9 nitrogen and oxygen atoms in total. The highest BCUT2D eigenvalue weighted by Crippen LogP contribution is 2.49. The Morgan fingerprint density at radius 3 is 1.08 bits per heavy atom. The zero-order valence-electron chi connectivity index (χ0n) is 22.7. The first kappa shape index (κ1) is 31.2. The molecular formula is C28H52O9. The van der Waals surface area contributed by atoms with E-state index in [4.69, 9.17) is 0 Å². The fourth-order valence-electron chi connectivity index (χ4n) is 7.85. The molecule has 12 unspecified atom stereocenters. The minimum absolute atomic E-state index is 0.0259. The van der Waals surface area contributed by atoms with Gasteiger partial charge in [-0.2, -0.15) is 0 Å². The summed E-state index contributed by atoms with van der Waals surface area (Å²) >= 11 is 0. The lowest BCUT2D eigenvalue weighted by Crippen LogP contribution is -2.52. The summed E-state index contributed by atoms with van der Waals surface area (Å²) in [4.78, 5) is 0. The minimum atomic E-state index is -0.977. The van der Waals surface area contributed by atoms with E-state index in [0.29, 0.717) is 25.7 Å².